The molecule has 0 saturated heterocycles. The van der Waals surface area contributed by atoms with Crippen molar-refractivity contribution in [2.45, 2.75) is 36.8 Å². The third kappa shape index (κ3) is 5.00. The van der Waals surface area contributed by atoms with Crippen molar-refractivity contribution in [3.8, 4) is 11.3 Å². The molecule has 0 unspecified atom stereocenters. The van der Waals surface area contributed by atoms with Gasteiger partial charge in [-0.3, -0.25) is 0 Å². The first kappa shape index (κ1) is 19.7. The van der Waals surface area contributed by atoms with Crippen LogP contribution in [0.2, 0.25) is 0 Å². The zero-order valence-corrected chi connectivity index (χ0v) is 15.7. The van der Waals surface area contributed by atoms with E-state index in [1.165, 1.54) is 24.3 Å². The minimum atomic E-state index is -4.49. The van der Waals surface area contributed by atoms with Crippen LogP contribution in [0.25, 0.3) is 11.3 Å². The molecular formula is C19H21F3N2O2S. The Kier molecular flexibility index (Phi) is 5.46. The average Bonchev–Trinajstić information content (AvgIpc) is 3.12. The second-order valence-electron chi connectivity index (χ2n) is 6.95. The van der Waals surface area contributed by atoms with Gasteiger partial charge >= 0.3 is 6.18 Å². The van der Waals surface area contributed by atoms with Crippen molar-refractivity contribution in [2.75, 3.05) is 18.1 Å². The first-order chi connectivity index (χ1) is 12.6. The Labute approximate surface area is 156 Å². The molecule has 3 rings (SSSR count). The number of hydrogen-bond donors (Lipinski definition) is 1. The Morgan fingerprint density at radius 1 is 1.11 bits per heavy atom. The molecule has 0 radical (unpaired) electrons. The molecule has 8 heteroatoms. The number of hydrogen-bond acceptors (Lipinski definition) is 4. The maximum absolute atomic E-state index is 13.3. The van der Waals surface area contributed by atoms with E-state index in [1.807, 2.05) is 0 Å². The van der Waals surface area contributed by atoms with Gasteiger partial charge in [0.1, 0.15) is 5.82 Å². The summed E-state index contributed by atoms with van der Waals surface area (Å²) in [4.78, 5) is 4.42. The van der Waals surface area contributed by atoms with E-state index in [9.17, 15) is 21.6 Å². The summed E-state index contributed by atoms with van der Waals surface area (Å²) in [5.74, 6) is 0.637. The van der Waals surface area contributed by atoms with E-state index in [4.69, 9.17) is 0 Å². The molecule has 0 amide bonds. The molecule has 1 aliphatic carbocycles. The van der Waals surface area contributed by atoms with E-state index in [-0.39, 0.29) is 16.4 Å². The SMILES string of the molecule is CS(=O)(=O)c1ccc(-c2cc(C(F)(F)F)cc(NCC3CCCC3)n2)cc1. The second kappa shape index (κ2) is 7.50. The zero-order chi connectivity index (χ0) is 19.7. The van der Waals surface area contributed by atoms with Crippen LogP contribution in [0, 0.1) is 5.92 Å². The van der Waals surface area contributed by atoms with Crippen molar-refractivity contribution in [3.05, 3.63) is 42.0 Å². The fraction of sp³-hybridized carbons (Fsp3) is 0.421. The molecule has 1 fully saturated rings. The molecule has 4 nitrogen and oxygen atoms in total. The quantitative estimate of drug-likeness (QED) is 0.788. The van der Waals surface area contributed by atoms with Gasteiger partial charge in [0, 0.05) is 18.4 Å². The van der Waals surface area contributed by atoms with Crippen LogP contribution in [-0.4, -0.2) is 26.2 Å². The molecule has 1 N–H and O–H groups in total. The van der Waals surface area contributed by atoms with Crippen molar-refractivity contribution in [1.82, 2.24) is 4.98 Å². The molecule has 146 valence electrons. The summed E-state index contributed by atoms with van der Waals surface area (Å²) in [6.07, 6.45) is 1.04. The van der Waals surface area contributed by atoms with E-state index >= 15 is 0 Å². The number of nitrogens with zero attached hydrogens (tertiary/aromatic N) is 1. The number of halogens is 3. The highest BCUT2D eigenvalue weighted by Gasteiger charge is 2.32. The minimum absolute atomic E-state index is 0.109. The predicted octanol–water partition coefficient (Wildman–Crippen LogP) is 4.77. The molecule has 0 atom stereocenters. The monoisotopic (exact) mass is 398 g/mol. The van der Waals surface area contributed by atoms with Gasteiger partial charge in [-0.1, -0.05) is 25.0 Å². The van der Waals surface area contributed by atoms with Crippen LogP contribution in [0.5, 0.6) is 0 Å². The summed E-state index contributed by atoms with van der Waals surface area (Å²) in [6, 6.07) is 7.69. The Balaban J connectivity index is 1.92. The summed E-state index contributed by atoms with van der Waals surface area (Å²) < 4.78 is 63.0. The molecule has 0 spiro atoms. The minimum Gasteiger partial charge on any atom is -0.370 e. The van der Waals surface area contributed by atoms with Crippen LogP contribution in [0.15, 0.2) is 41.3 Å². The lowest BCUT2D eigenvalue weighted by atomic mass is 10.1. The number of nitrogens with one attached hydrogen (secondary N) is 1. The number of sulfone groups is 1. The largest absolute Gasteiger partial charge is 0.416 e. The van der Waals surface area contributed by atoms with Crippen molar-refractivity contribution in [2.24, 2.45) is 5.92 Å². The molecule has 0 bridgehead atoms. The molecule has 1 saturated carbocycles. The molecule has 27 heavy (non-hydrogen) atoms. The number of alkyl halides is 3. The summed E-state index contributed by atoms with van der Waals surface area (Å²) in [7, 11) is -3.37. The highest BCUT2D eigenvalue weighted by atomic mass is 32.2. The maximum atomic E-state index is 13.3. The first-order valence-corrected chi connectivity index (χ1v) is 10.7. The Bertz CT molecular complexity index is 904. The topological polar surface area (TPSA) is 59.1 Å². The maximum Gasteiger partial charge on any atom is 0.416 e. The summed E-state index contributed by atoms with van der Waals surface area (Å²) in [6.45, 7) is 0.598. The number of pyridine rings is 1. The fourth-order valence-corrected chi connectivity index (χ4v) is 3.90. The summed E-state index contributed by atoms with van der Waals surface area (Å²) in [5.41, 5.74) is -0.204. The normalized spacial score (nSPS) is 15.9. The average molecular weight is 398 g/mol. The Morgan fingerprint density at radius 3 is 2.30 bits per heavy atom. The highest BCUT2D eigenvalue weighted by molar-refractivity contribution is 7.90. The predicted molar refractivity (Wildman–Crippen MR) is 98.2 cm³/mol. The van der Waals surface area contributed by atoms with Crippen LogP contribution in [-0.2, 0) is 16.0 Å². The highest BCUT2D eigenvalue weighted by Crippen LogP contribution is 2.34. The third-order valence-electron chi connectivity index (χ3n) is 4.78. The summed E-state index contributed by atoms with van der Waals surface area (Å²) in [5, 5.41) is 3.04. The zero-order valence-electron chi connectivity index (χ0n) is 14.9. The lowest BCUT2D eigenvalue weighted by Crippen LogP contribution is -2.14. The number of rotatable bonds is 5. The van der Waals surface area contributed by atoms with Crippen LogP contribution < -0.4 is 5.32 Å². The molecule has 1 aromatic carbocycles. The molecule has 1 aliphatic rings. The van der Waals surface area contributed by atoms with Gasteiger partial charge in [-0.2, -0.15) is 13.2 Å². The summed E-state index contributed by atoms with van der Waals surface area (Å²) >= 11 is 0. The van der Waals surface area contributed by atoms with E-state index in [2.05, 4.69) is 10.3 Å². The third-order valence-corrected chi connectivity index (χ3v) is 5.91. The molecule has 1 heterocycles. The Morgan fingerprint density at radius 2 is 1.74 bits per heavy atom. The van der Waals surface area contributed by atoms with Crippen LogP contribution in [0.1, 0.15) is 31.2 Å². The van der Waals surface area contributed by atoms with Crippen LogP contribution >= 0.6 is 0 Å². The fourth-order valence-electron chi connectivity index (χ4n) is 3.27. The van der Waals surface area contributed by atoms with E-state index in [0.717, 1.165) is 44.1 Å². The van der Waals surface area contributed by atoms with E-state index in [0.29, 0.717) is 18.0 Å². The Hall–Kier alpha value is -2.09. The van der Waals surface area contributed by atoms with Crippen molar-refractivity contribution in [3.63, 3.8) is 0 Å². The lowest BCUT2D eigenvalue weighted by molar-refractivity contribution is -0.137. The van der Waals surface area contributed by atoms with Gasteiger partial charge in [0.2, 0.25) is 0 Å². The number of aromatic nitrogens is 1. The van der Waals surface area contributed by atoms with Gasteiger partial charge in [-0.15, -0.1) is 0 Å². The second-order valence-corrected chi connectivity index (χ2v) is 8.97. The standard InChI is InChI=1S/C19H21F3N2O2S/c1-27(25,26)16-8-6-14(7-9-16)17-10-15(19(20,21)22)11-18(24-17)23-12-13-4-2-3-5-13/h6-11,13H,2-5,12H2,1H3,(H,23,24). The van der Waals surface area contributed by atoms with Gasteiger partial charge < -0.3 is 5.32 Å². The molecule has 0 aliphatic heterocycles. The molecule has 1 aromatic heterocycles. The van der Waals surface area contributed by atoms with Crippen molar-refractivity contribution in [1.29, 1.82) is 0 Å². The van der Waals surface area contributed by atoms with Gasteiger partial charge in [-0.25, -0.2) is 13.4 Å². The van der Waals surface area contributed by atoms with Gasteiger partial charge in [0.25, 0.3) is 0 Å². The van der Waals surface area contributed by atoms with Crippen molar-refractivity contribution >= 4 is 15.7 Å². The van der Waals surface area contributed by atoms with Crippen LogP contribution in [0.3, 0.4) is 0 Å². The molecule has 2 aromatic rings. The van der Waals surface area contributed by atoms with Gasteiger partial charge in [0.05, 0.1) is 16.2 Å². The van der Waals surface area contributed by atoms with E-state index in [1.54, 1.807) is 0 Å². The van der Waals surface area contributed by atoms with Gasteiger partial charge in [0.15, 0.2) is 9.84 Å². The van der Waals surface area contributed by atoms with Crippen molar-refractivity contribution < 1.29 is 21.6 Å². The van der Waals surface area contributed by atoms with E-state index < -0.39 is 21.6 Å². The number of benzene rings is 1. The van der Waals surface area contributed by atoms with Gasteiger partial charge in [-0.05, 0) is 43.0 Å². The lowest BCUT2D eigenvalue weighted by Gasteiger charge is -2.15. The van der Waals surface area contributed by atoms with Crippen LogP contribution in [0.4, 0.5) is 19.0 Å². The number of anilines is 1. The first-order valence-electron chi connectivity index (χ1n) is 8.76. The molecular weight excluding hydrogens is 377 g/mol. The smallest absolute Gasteiger partial charge is 0.370 e.